The highest BCUT2D eigenvalue weighted by molar-refractivity contribution is 8.46. The molecule has 2 aliphatic rings. The zero-order chi connectivity index (χ0) is 25.5. The summed E-state index contributed by atoms with van der Waals surface area (Å²) in [7, 11) is -4.29. The highest BCUT2D eigenvalue weighted by Gasteiger charge is 2.48. The summed E-state index contributed by atoms with van der Waals surface area (Å²) >= 11 is 0. The van der Waals surface area contributed by atoms with Gasteiger partial charge in [0.2, 0.25) is 0 Å². The molecule has 7 heteroatoms. The molecule has 1 aromatic rings. The highest BCUT2D eigenvalue weighted by Crippen LogP contribution is 2.75. The minimum Gasteiger partial charge on any atom is -0.477 e. The van der Waals surface area contributed by atoms with Crippen molar-refractivity contribution in [1.82, 2.24) is 4.72 Å². The smallest absolute Gasteiger partial charge is 0.353 e. The van der Waals surface area contributed by atoms with Gasteiger partial charge in [-0.2, -0.15) is 0 Å². The lowest BCUT2D eigenvalue weighted by Gasteiger charge is -2.62. The second-order valence-electron chi connectivity index (χ2n) is 9.87. The molecule has 1 aliphatic heterocycles. The average molecular weight is 503 g/mol. The molecule has 0 amide bonds. The van der Waals surface area contributed by atoms with E-state index < -0.39 is 21.8 Å². The van der Waals surface area contributed by atoms with Gasteiger partial charge in [0.25, 0.3) is 0 Å². The predicted octanol–water partition coefficient (Wildman–Crippen LogP) is 6.71. The van der Waals surface area contributed by atoms with Crippen molar-refractivity contribution in [1.29, 1.82) is 0 Å². The number of unbranched alkanes of at least 4 members (excludes halogenated alkanes) is 4. The molecule has 6 nitrogen and oxygen atoms in total. The van der Waals surface area contributed by atoms with E-state index in [4.69, 9.17) is 9.32 Å². The Balaban J connectivity index is 2.01. The molecule has 194 valence electrons. The number of carboxylic acids is 1. The van der Waals surface area contributed by atoms with Crippen LogP contribution in [0.5, 0.6) is 0 Å². The normalized spacial score (nSPS) is 22.2. The van der Waals surface area contributed by atoms with Crippen molar-refractivity contribution >= 4 is 21.8 Å². The fraction of sp³-hybridized carbons (Fsp3) is 0.500. The quantitative estimate of drug-likeness (QED) is 0.152. The largest absolute Gasteiger partial charge is 0.477 e. The lowest BCUT2D eigenvalue weighted by Crippen LogP contribution is -2.49. The Labute approximate surface area is 210 Å². The monoisotopic (exact) mass is 502 g/mol. The van der Waals surface area contributed by atoms with Crippen molar-refractivity contribution in [3.05, 3.63) is 64.2 Å². The Morgan fingerprint density at radius 3 is 2.49 bits per heavy atom. The first-order valence-corrected chi connectivity index (χ1v) is 15.1. The van der Waals surface area contributed by atoms with Crippen molar-refractivity contribution in [2.24, 2.45) is 11.1 Å². The van der Waals surface area contributed by atoms with Crippen molar-refractivity contribution in [2.75, 3.05) is 0 Å². The van der Waals surface area contributed by atoms with E-state index in [9.17, 15) is 14.7 Å². The summed E-state index contributed by atoms with van der Waals surface area (Å²) in [4.78, 5) is 27.0. The summed E-state index contributed by atoms with van der Waals surface area (Å²) in [5.41, 5.74) is 1.59. The van der Waals surface area contributed by atoms with E-state index in [0.29, 0.717) is 11.3 Å². The van der Waals surface area contributed by atoms with E-state index in [2.05, 4.69) is 23.8 Å². The number of allylic oxidation sites excluding steroid dienone is 5. The number of carbonyl (C=O) groups is 2. The molecule has 1 heterocycles. The van der Waals surface area contributed by atoms with Gasteiger partial charge in [0.05, 0.1) is 0 Å². The maximum absolute atomic E-state index is 13.2. The fourth-order valence-corrected chi connectivity index (χ4v) is 8.84. The second-order valence-corrected chi connectivity index (χ2v) is 13.7. The number of hydrogen-bond donors (Lipinski definition) is 4. The van der Waals surface area contributed by atoms with Gasteiger partial charge >= 0.3 is 11.9 Å². The topological polar surface area (TPSA) is 102 Å². The van der Waals surface area contributed by atoms with Gasteiger partial charge in [-0.15, -0.1) is 0 Å². The highest BCUT2D eigenvalue weighted by atomic mass is 32.3. The second kappa shape index (κ2) is 11.5. The standard InChI is InChI=1S/C28H42N2O4S/c1-4-5-6-7-14-19-26(31)34-35(29,24-17-12-9-13-18-24)22(3)21(2)25(27(30-35)28(32)33)20-23-15-10-8-11-16-23/h9-10,12-13,15,17-18,23,30,35H,4-8,11,14,16,19-20,29H2,1-3H3,(H,32,33). The van der Waals surface area contributed by atoms with Crippen molar-refractivity contribution in [3.8, 4) is 0 Å². The third-order valence-electron chi connectivity index (χ3n) is 7.38. The Kier molecular flexibility index (Phi) is 8.89. The first-order valence-electron chi connectivity index (χ1n) is 12.9. The molecule has 35 heavy (non-hydrogen) atoms. The number of aliphatic carboxylic acids is 1. The summed E-state index contributed by atoms with van der Waals surface area (Å²) in [6.07, 6.45) is 13.4. The molecule has 0 aromatic heterocycles. The van der Waals surface area contributed by atoms with Crippen LogP contribution in [0.15, 0.2) is 69.1 Å². The zero-order valence-corrected chi connectivity index (χ0v) is 22.3. The van der Waals surface area contributed by atoms with Crippen LogP contribution in [0.1, 0.15) is 85.0 Å². The molecule has 1 atom stereocenters. The Morgan fingerprint density at radius 1 is 1.14 bits per heavy atom. The number of benzene rings is 1. The number of thiol groups is 1. The molecule has 1 aliphatic carbocycles. The third-order valence-corrected chi connectivity index (χ3v) is 11.6. The molecular weight excluding hydrogens is 460 g/mol. The lowest BCUT2D eigenvalue weighted by atomic mass is 9.86. The van der Waals surface area contributed by atoms with Crippen LogP contribution in [-0.2, 0) is 13.8 Å². The fourth-order valence-electron chi connectivity index (χ4n) is 5.12. The number of carbonyl (C=O) groups excluding carboxylic acids is 1. The number of hydrogen-bond acceptors (Lipinski definition) is 5. The molecule has 0 spiro atoms. The van der Waals surface area contributed by atoms with Gasteiger partial charge in [-0.1, -0.05) is 72.8 Å². The number of carboxylic acid groups (broad SMARTS) is 1. The molecule has 1 unspecified atom stereocenters. The average Bonchev–Trinajstić information content (AvgIpc) is 2.85. The van der Waals surface area contributed by atoms with E-state index in [1.165, 1.54) is 0 Å². The van der Waals surface area contributed by atoms with Crippen molar-refractivity contribution < 1.29 is 18.9 Å². The number of rotatable bonds is 11. The predicted molar refractivity (Wildman–Crippen MR) is 145 cm³/mol. The van der Waals surface area contributed by atoms with Crippen LogP contribution in [0.3, 0.4) is 0 Å². The van der Waals surface area contributed by atoms with Gasteiger partial charge in [-0.25, -0.2) is 4.79 Å². The van der Waals surface area contributed by atoms with E-state index in [-0.39, 0.29) is 18.0 Å². The molecule has 0 bridgehead atoms. The molecule has 0 fully saturated rings. The van der Waals surface area contributed by atoms with Gasteiger partial charge in [-0.05, 0) is 75.1 Å². The summed E-state index contributed by atoms with van der Waals surface area (Å²) < 4.78 is 9.43. The Hall–Kier alpha value is -2.51. The number of nitrogens with one attached hydrogen (secondary N) is 1. The molecule has 1 aromatic carbocycles. The summed E-state index contributed by atoms with van der Waals surface area (Å²) in [5, 5.41) is 17.5. The Bertz CT molecular complexity index is 1030. The van der Waals surface area contributed by atoms with E-state index in [1.54, 1.807) is 0 Å². The van der Waals surface area contributed by atoms with Gasteiger partial charge in [0.15, 0.2) is 0 Å². The van der Waals surface area contributed by atoms with Gasteiger partial charge in [0.1, 0.15) is 5.70 Å². The van der Waals surface area contributed by atoms with Crippen molar-refractivity contribution in [3.63, 3.8) is 0 Å². The van der Waals surface area contributed by atoms with Crippen molar-refractivity contribution in [2.45, 2.75) is 89.9 Å². The lowest BCUT2D eigenvalue weighted by molar-refractivity contribution is -0.135. The summed E-state index contributed by atoms with van der Waals surface area (Å²) in [6, 6.07) is 9.19. The van der Waals surface area contributed by atoms with Crippen LogP contribution in [0.25, 0.3) is 0 Å². The van der Waals surface area contributed by atoms with Crippen LogP contribution in [0.4, 0.5) is 0 Å². The SMILES string of the molecule is CCCCCCCC(=O)O[SH]1(N)(c2ccccc2)NC(C(=O)O)=C(CC2C=CCCC2)C(C)=C1C. The van der Waals surface area contributed by atoms with Gasteiger partial charge in [0, 0.05) is 16.2 Å². The van der Waals surface area contributed by atoms with E-state index in [1.807, 2.05) is 44.2 Å². The summed E-state index contributed by atoms with van der Waals surface area (Å²) in [6.45, 7) is 5.95. The van der Waals surface area contributed by atoms with Crippen LogP contribution in [-0.4, -0.2) is 17.0 Å². The van der Waals surface area contributed by atoms with Crippen LogP contribution < -0.4 is 9.86 Å². The van der Waals surface area contributed by atoms with Crippen LogP contribution in [0.2, 0.25) is 0 Å². The van der Waals surface area contributed by atoms with Crippen LogP contribution >= 0.6 is 9.81 Å². The first-order chi connectivity index (χ1) is 16.7. The van der Waals surface area contributed by atoms with Gasteiger partial charge < -0.3 is 14.0 Å². The zero-order valence-electron chi connectivity index (χ0n) is 21.4. The Morgan fingerprint density at radius 2 is 1.86 bits per heavy atom. The molecule has 3 rings (SSSR count). The van der Waals surface area contributed by atoms with E-state index in [0.717, 1.165) is 67.4 Å². The maximum atomic E-state index is 13.2. The molecule has 0 saturated carbocycles. The first kappa shape index (κ1) is 27.1. The molecule has 4 N–H and O–H groups in total. The molecule has 0 saturated heterocycles. The molecule has 0 radical (unpaired) electrons. The number of nitrogens with two attached hydrogens (primary N) is 1. The third kappa shape index (κ3) is 5.84. The molecular formula is C28H42N2O4S. The minimum absolute atomic E-state index is 0.0480. The van der Waals surface area contributed by atoms with E-state index >= 15 is 0 Å². The maximum Gasteiger partial charge on any atom is 0.353 e. The summed E-state index contributed by atoms with van der Waals surface area (Å²) in [5.74, 6) is -1.20. The minimum atomic E-state index is -4.29. The van der Waals surface area contributed by atoms with Crippen LogP contribution in [0, 0.1) is 5.92 Å². The van der Waals surface area contributed by atoms with Gasteiger partial charge in [-0.3, -0.25) is 9.93 Å².